The third-order valence-corrected chi connectivity index (χ3v) is 5.96. The lowest BCUT2D eigenvalue weighted by molar-refractivity contribution is -0.137. The molecule has 1 N–H and O–H groups in total. The van der Waals surface area contributed by atoms with E-state index in [1.165, 1.54) is 17.4 Å². The first-order valence-corrected chi connectivity index (χ1v) is 10.1. The van der Waals surface area contributed by atoms with Crippen LogP contribution in [0.25, 0.3) is 5.57 Å². The van der Waals surface area contributed by atoms with Crippen LogP contribution in [0, 0.1) is 12.7 Å². The van der Waals surface area contributed by atoms with Gasteiger partial charge in [0, 0.05) is 21.2 Å². The molecule has 0 unspecified atom stereocenters. The Hall–Kier alpha value is -2.96. The molecule has 0 aliphatic carbocycles. The zero-order valence-electron chi connectivity index (χ0n) is 15.4. The van der Waals surface area contributed by atoms with E-state index >= 15 is 0 Å². The van der Waals surface area contributed by atoms with Gasteiger partial charge in [-0.1, -0.05) is 41.9 Å². The van der Waals surface area contributed by atoms with Crippen LogP contribution >= 0.6 is 22.9 Å². The highest BCUT2D eigenvalue weighted by Crippen LogP contribution is 2.34. The van der Waals surface area contributed by atoms with Crippen LogP contribution < -0.4 is 5.32 Å². The Labute approximate surface area is 176 Å². The Bertz CT molecular complexity index is 1140. The maximum absolute atomic E-state index is 14.1. The molecule has 0 spiro atoms. The summed E-state index contributed by atoms with van der Waals surface area (Å²) >= 11 is 7.56. The van der Waals surface area contributed by atoms with E-state index < -0.39 is 17.6 Å². The predicted molar refractivity (Wildman–Crippen MR) is 113 cm³/mol. The Morgan fingerprint density at radius 3 is 2.55 bits per heavy atom. The predicted octanol–water partition coefficient (Wildman–Crippen LogP) is 5.24. The van der Waals surface area contributed by atoms with Crippen molar-refractivity contribution in [3.8, 4) is 0 Å². The highest BCUT2D eigenvalue weighted by atomic mass is 35.5. The van der Waals surface area contributed by atoms with E-state index in [2.05, 4.69) is 5.32 Å². The topological polar surface area (TPSA) is 49.4 Å². The normalized spacial score (nSPS) is 14.1. The van der Waals surface area contributed by atoms with E-state index in [9.17, 15) is 14.0 Å². The molecule has 2 heterocycles. The minimum Gasteiger partial charge on any atom is -0.350 e. The van der Waals surface area contributed by atoms with Gasteiger partial charge >= 0.3 is 0 Å². The molecule has 4 nitrogen and oxygen atoms in total. The van der Waals surface area contributed by atoms with E-state index in [1.807, 2.05) is 24.4 Å². The first kappa shape index (κ1) is 19.4. The van der Waals surface area contributed by atoms with Gasteiger partial charge in [0.1, 0.15) is 11.5 Å². The van der Waals surface area contributed by atoms with Gasteiger partial charge in [0.25, 0.3) is 11.8 Å². The number of rotatable bonds is 5. The maximum atomic E-state index is 14.1. The van der Waals surface area contributed by atoms with Crippen molar-refractivity contribution >= 4 is 46.0 Å². The van der Waals surface area contributed by atoms with Crippen molar-refractivity contribution < 1.29 is 14.0 Å². The number of hydrogen-bond donors (Lipinski definition) is 1. The Kier molecular flexibility index (Phi) is 5.22. The summed E-state index contributed by atoms with van der Waals surface area (Å²) in [5, 5.41) is 5.44. The quantitative estimate of drug-likeness (QED) is 0.567. The van der Waals surface area contributed by atoms with E-state index in [4.69, 9.17) is 11.6 Å². The number of thiophene rings is 1. The summed E-state index contributed by atoms with van der Waals surface area (Å²) in [5.74, 6) is -1.42. The van der Waals surface area contributed by atoms with Gasteiger partial charge in [-0.2, -0.15) is 0 Å². The van der Waals surface area contributed by atoms with Crippen molar-refractivity contribution in [2.45, 2.75) is 13.5 Å². The van der Waals surface area contributed by atoms with Crippen LogP contribution in [0.4, 0.5) is 10.1 Å². The molecule has 0 radical (unpaired) electrons. The summed E-state index contributed by atoms with van der Waals surface area (Å²) in [4.78, 5) is 28.0. The molecule has 2 aromatic carbocycles. The number of nitrogens with zero attached hydrogens (tertiary/aromatic N) is 1. The average Bonchev–Trinajstić information content (AvgIpc) is 3.29. The molecule has 0 saturated heterocycles. The number of nitrogens with one attached hydrogen (secondary N) is 1. The number of carbonyl (C=O) groups is 2. The van der Waals surface area contributed by atoms with Gasteiger partial charge < -0.3 is 5.32 Å². The lowest BCUT2D eigenvalue weighted by Gasteiger charge is -2.16. The highest BCUT2D eigenvalue weighted by molar-refractivity contribution is 7.11. The van der Waals surface area contributed by atoms with Crippen molar-refractivity contribution in [1.29, 1.82) is 0 Å². The number of imide groups is 1. The Morgan fingerprint density at radius 1 is 1.07 bits per heavy atom. The third-order valence-electron chi connectivity index (χ3n) is 4.66. The van der Waals surface area contributed by atoms with Crippen molar-refractivity contribution in [3.05, 3.63) is 92.5 Å². The SMILES string of the molecule is Cc1ccc(NC2=C(c3cccs3)C(=O)N(Cc3ccccc3F)C2=O)cc1Cl. The molecule has 0 atom stereocenters. The van der Waals surface area contributed by atoms with Gasteiger partial charge in [-0.15, -0.1) is 11.3 Å². The summed E-state index contributed by atoms with van der Waals surface area (Å²) in [6.07, 6.45) is 0. The highest BCUT2D eigenvalue weighted by Gasteiger charge is 2.40. The standard InChI is InChI=1S/C22H16ClFN2O2S/c1-13-8-9-15(11-16(13)23)25-20-19(18-7-4-10-29-18)21(27)26(22(20)28)12-14-5-2-3-6-17(14)24/h2-11,25H,12H2,1H3. The molecule has 4 rings (SSSR count). The summed E-state index contributed by atoms with van der Waals surface area (Å²) < 4.78 is 14.1. The van der Waals surface area contributed by atoms with E-state index in [0.29, 0.717) is 15.6 Å². The van der Waals surface area contributed by atoms with Crippen molar-refractivity contribution in [2.75, 3.05) is 5.32 Å². The Morgan fingerprint density at radius 2 is 1.86 bits per heavy atom. The van der Waals surface area contributed by atoms with Gasteiger partial charge in [0.05, 0.1) is 12.1 Å². The van der Waals surface area contributed by atoms with Crippen molar-refractivity contribution in [2.24, 2.45) is 0 Å². The maximum Gasteiger partial charge on any atom is 0.278 e. The zero-order valence-corrected chi connectivity index (χ0v) is 17.0. The fraction of sp³-hybridized carbons (Fsp3) is 0.0909. The molecule has 7 heteroatoms. The molecule has 1 aliphatic heterocycles. The smallest absolute Gasteiger partial charge is 0.278 e. The second-order valence-electron chi connectivity index (χ2n) is 6.60. The first-order chi connectivity index (χ1) is 14.0. The largest absolute Gasteiger partial charge is 0.350 e. The molecular weight excluding hydrogens is 411 g/mol. The third kappa shape index (κ3) is 3.69. The van der Waals surface area contributed by atoms with E-state index in [0.717, 1.165) is 10.5 Å². The van der Waals surface area contributed by atoms with Crippen LogP contribution in [0.15, 0.2) is 65.7 Å². The number of aryl methyl sites for hydroxylation is 1. The van der Waals surface area contributed by atoms with Crippen molar-refractivity contribution in [3.63, 3.8) is 0 Å². The molecule has 29 heavy (non-hydrogen) atoms. The van der Waals surface area contributed by atoms with Crippen LogP contribution in [0.5, 0.6) is 0 Å². The molecule has 1 aromatic heterocycles. The number of halogens is 2. The molecule has 0 fully saturated rings. The fourth-order valence-electron chi connectivity index (χ4n) is 3.10. The fourth-order valence-corrected chi connectivity index (χ4v) is 4.05. The molecule has 0 bridgehead atoms. The van der Waals surface area contributed by atoms with Gasteiger partial charge in [-0.05, 0) is 42.1 Å². The van der Waals surface area contributed by atoms with Crippen LogP contribution in [-0.2, 0) is 16.1 Å². The number of anilines is 1. The monoisotopic (exact) mass is 426 g/mol. The van der Waals surface area contributed by atoms with Gasteiger partial charge in [-0.25, -0.2) is 4.39 Å². The molecule has 1 aliphatic rings. The lowest BCUT2D eigenvalue weighted by atomic mass is 10.1. The summed E-state index contributed by atoms with van der Waals surface area (Å²) in [7, 11) is 0. The zero-order chi connectivity index (χ0) is 20.5. The summed E-state index contributed by atoms with van der Waals surface area (Å²) in [5.41, 5.74) is 2.21. The van der Waals surface area contributed by atoms with E-state index in [1.54, 1.807) is 36.4 Å². The molecule has 3 aromatic rings. The number of benzene rings is 2. The molecule has 2 amide bonds. The molecular formula is C22H16ClFN2O2S. The van der Waals surface area contributed by atoms with Crippen LogP contribution in [-0.4, -0.2) is 16.7 Å². The van der Waals surface area contributed by atoms with Crippen LogP contribution in [0.1, 0.15) is 16.0 Å². The molecule has 146 valence electrons. The minimum absolute atomic E-state index is 0.140. The minimum atomic E-state index is -0.502. The second-order valence-corrected chi connectivity index (χ2v) is 7.96. The number of hydrogen-bond acceptors (Lipinski definition) is 4. The van der Waals surface area contributed by atoms with Gasteiger partial charge in [0.2, 0.25) is 0 Å². The van der Waals surface area contributed by atoms with Gasteiger partial charge in [-0.3, -0.25) is 14.5 Å². The lowest BCUT2D eigenvalue weighted by Crippen LogP contribution is -2.32. The average molecular weight is 427 g/mol. The molecule has 0 saturated carbocycles. The number of carbonyl (C=O) groups excluding carboxylic acids is 2. The van der Waals surface area contributed by atoms with E-state index in [-0.39, 0.29) is 23.4 Å². The van der Waals surface area contributed by atoms with Crippen LogP contribution in [0.3, 0.4) is 0 Å². The summed E-state index contributed by atoms with van der Waals surface area (Å²) in [6, 6.07) is 15.0. The van der Waals surface area contributed by atoms with Crippen molar-refractivity contribution in [1.82, 2.24) is 4.90 Å². The van der Waals surface area contributed by atoms with Gasteiger partial charge in [0.15, 0.2) is 0 Å². The second kappa shape index (κ2) is 7.81. The number of amides is 2. The van der Waals surface area contributed by atoms with Crippen LogP contribution in [0.2, 0.25) is 5.02 Å². The Balaban J connectivity index is 1.72. The first-order valence-electron chi connectivity index (χ1n) is 8.86. The summed E-state index contributed by atoms with van der Waals surface area (Å²) in [6.45, 7) is 1.74.